The lowest BCUT2D eigenvalue weighted by atomic mass is 10.1. The second kappa shape index (κ2) is 6.58. The summed E-state index contributed by atoms with van der Waals surface area (Å²) in [4.78, 5) is 6.83. The molecule has 0 saturated carbocycles. The minimum absolute atomic E-state index is 0.169. The Kier molecular flexibility index (Phi) is 4.52. The van der Waals surface area contributed by atoms with Gasteiger partial charge in [0.05, 0.1) is 12.1 Å². The molecule has 124 valence electrons. The first-order valence-corrected chi connectivity index (χ1v) is 8.19. The van der Waals surface area contributed by atoms with Crippen LogP contribution in [0.5, 0.6) is 5.75 Å². The highest BCUT2D eigenvalue weighted by molar-refractivity contribution is 5.33. The average molecular weight is 315 g/mol. The number of hydrogen-bond donors (Lipinski definition) is 1. The summed E-state index contributed by atoms with van der Waals surface area (Å²) >= 11 is 0. The summed E-state index contributed by atoms with van der Waals surface area (Å²) in [7, 11) is 1.83. The van der Waals surface area contributed by atoms with Crippen molar-refractivity contribution in [2.45, 2.75) is 45.4 Å². The van der Waals surface area contributed by atoms with Crippen LogP contribution in [-0.2, 0) is 13.6 Å². The van der Waals surface area contributed by atoms with Gasteiger partial charge in [-0.3, -0.25) is 4.90 Å². The van der Waals surface area contributed by atoms with Gasteiger partial charge in [-0.05, 0) is 39.3 Å². The maximum absolute atomic E-state index is 5.94. The number of aromatic nitrogens is 3. The monoisotopic (exact) mass is 315 g/mol. The van der Waals surface area contributed by atoms with E-state index in [4.69, 9.17) is 10.5 Å². The fourth-order valence-corrected chi connectivity index (χ4v) is 3.09. The quantitative estimate of drug-likeness (QED) is 0.918. The van der Waals surface area contributed by atoms with Gasteiger partial charge in [-0.2, -0.15) is 10.1 Å². The Morgan fingerprint density at radius 2 is 2.13 bits per heavy atom. The van der Waals surface area contributed by atoms with Crippen molar-refractivity contribution in [1.29, 1.82) is 0 Å². The molecule has 0 aliphatic carbocycles. The summed E-state index contributed by atoms with van der Waals surface area (Å²) in [5, 5.41) is 4.46. The van der Waals surface area contributed by atoms with E-state index in [2.05, 4.69) is 41.0 Å². The Morgan fingerprint density at radius 1 is 1.35 bits per heavy atom. The van der Waals surface area contributed by atoms with Gasteiger partial charge in [-0.15, -0.1) is 0 Å². The Morgan fingerprint density at radius 3 is 2.83 bits per heavy atom. The highest BCUT2D eigenvalue weighted by Crippen LogP contribution is 2.33. The van der Waals surface area contributed by atoms with Crippen LogP contribution >= 0.6 is 0 Å². The third-order valence-electron chi connectivity index (χ3n) is 4.18. The van der Waals surface area contributed by atoms with Gasteiger partial charge in [0.2, 0.25) is 5.95 Å². The lowest BCUT2D eigenvalue weighted by Crippen LogP contribution is -2.24. The fourth-order valence-electron chi connectivity index (χ4n) is 3.09. The van der Waals surface area contributed by atoms with Gasteiger partial charge >= 0.3 is 0 Å². The largest absolute Gasteiger partial charge is 0.491 e. The van der Waals surface area contributed by atoms with Gasteiger partial charge in [0.15, 0.2) is 5.82 Å². The number of aryl methyl sites for hydroxylation is 1. The minimum atomic E-state index is 0.169. The SMILES string of the molecule is CC(C)Oc1ccccc1CN1CCCC1c1nc(N)n(C)n1. The first-order chi connectivity index (χ1) is 11.0. The number of anilines is 1. The van der Waals surface area contributed by atoms with E-state index >= 15 is 0 Å². The summed E-state index contributed by atoms with van der Waals surface area (Å²) in [6, 6.07) is 8.48. The summed E-state index contributed by atoms with van der Waals surface area (Å²) < 4.78 is 7.58. The summed E-state index contributed by atoms with van der Waals surface area (Å²) in [5.41, 5.74) is 7.04. The van der Waals surface area contributed by atoms with Crippen molar-refractivity contribution in [2.24, 2.45) is 7.05 Å². The number of nitrogen functional groups attached to an aromatic ring is 1. The number of nitrogens with zero attached hydrogens (tertiary/aromatic N) is 4. The first-order valence-electron chi connectivity index (χ1n) is 8.19. The van der Waals surface area contributed by atoms with Crippen LogP contribution in [0.2, 0.25) is 0 Å². The molecular formula is C17H25N5O. The van der Waals surface area contributed by atoms with Crippen LogP contribution in [0.4, 0.5) is 5.95 Å². The average Bonchev–Trinajstić information content (AvgIpc) is 3.08. The van der Waals surface area contributed by atoms with Crippen molar-refractivity contribution < 1.29 is 4.74 Å². The van der Waals surface area contributed by atoms with Gasteiger partial charge in [-0.1, -0.05) is 18.2 Å². The lowest BCUT2D eigenvalue weighted by molar-refractivity contribution is 0.217. The smallest absolute Gasteiger partial charge is 0.218 e. The van der Waals surface area contributed by atoms with Gasteiger partial charge in [-0.25, -0.2) is 4.68 Å². The molecule has 2 heterocycles. The van der Waals surface area contributed by atoms with Crippen molar-refractivity contribution in [3.8, 4) is 5.75 Å². The van der Waals surface area contributed by atoms with E-state index in [1.807, 2.05) is 19.2 Å². The van der Waals surface area contributed by atoms with Crippen molar-refractivity contribution in [2.75, 3.05) is 12.3 Å². The Bertz CT molecular complexity index is 647. The molecule has 0 spiro atoms. The molecule has 0 amide bonds. The Hall–Kier alpha value is -2.08. The normalized spacial score (nSPS) is 18.7. The third kappa shape index (κ3) is 3.47. The summed E-state index contributed by atoms with van der Waals surface area (Å²) in [6.45, 7) is 5.98. The molecule has 1 aromatic heterocycles. The molecule has 2 N–H and O–H groups in total. The van der Waals surface area contributed by atoms with Crippen LogP contribution in [0, 0.1) is 0 Å². The number of benzene rings is 1. The summed E-state index contributed by atoms with van der Waals surface area (Å²) in [5.74, 6) is 2.25. The highest BCUT2D eigenvalue weighted by Gasteiger charge is 2.30. The molecule has 1 aliphatic rings. The number of likely N-dealkylation sites (tertiary alicyclic amines) is 1. The zero-order valence-electron chi connectivity index (χ0n) is 14.1. The number of rotatable bonds is 5. The maximum Gasteiger partial charge on any atom is 0.218 e. The molecule has 1 atom stereocenters. The standard InChI is InChI=1S/C17H25N5O/c1-12(2)23-15-9-5-4-7-13(15)11-22-10-6-8-14(22)16-19-17(18)21(3)20-16/h4-5,7,9,12,14H,6,8,10-11H2,1-3H3,(H2,18,19,20). The van der Waals surface area contributed by atoms with E-state index < -0.39 is 0 Å². The minimum Gasteiger partial charge on any atom is -0.491 e. The van der Waals surface area contributed by atoms with Gasteiger partial charge in [0.1, 0.15) is 5.75 Å². The lowest BCUT2D eigenvalue weighted by Gasteiger charge is -2.24. The number of hydrogen-bond acceptors (Lipinski definition) is 5. The van der Waals surface area contributed by atoms with Gasteiger partial charge in [0.25, 0.3) is 0 Å². The molecule has 2 aromatic rings. The topological polar surface area (TPSA) is 69.2 Å². The highest BCUT2D eigenvalue weighted by atomic mass is 16.5. The molecular weight excluding hydrogens is 290 g/mol. The van der Waals surface area contributed by atoms with E-state index in [-0.39, 0.29) is 12.1 Å². The van der Waals surface area contributed by atoms with Crippen LogP contribution in [0.15, 0.2) is 24.3 Å². The number of ether oxygens (including phenoxy) is 1. The molecule has 6 nitrogen and oxygen atoms in total. The van der Waals surface area contributed by atoms with Gasteiger partial charge in [0, 0.05) is 19.2 Å². The maximum atomic E-state index is 5.94. The molecule has 23 heavy (non-hydrogen) atoms. The van der Waals surface area contributed by atoms with Crippen LogP contribution < -0.4 is 10.5 Å². The summed E-state index contributed by atoms with van der Waals surface area (Å²) in [6.07, 6.45) is 2.38. The van der Waals surface area contributed by atoms with Crippen molar-refractivity contribution in [1.82, 2.24) is 19.7 Å². The predicted molar refractivity (Wildman–Crippen MR) is 90.0 cm³/mol. The zero-order valence-corrected chi connectivity index (χ0v) is 14.1. The second-order valence-corrected chi connectivity index (χ2v) is 6.35. The van der Waals surface area contributed by atoms with E-state index in [0.717, 1.165) is 37.5 Å². The Labute approximate surface area is 137 Å². The van der Waals surface area contributed by atoms with Crippen LogP contribution in [-0.4, -0.2) is 32.3 Å². The fraction of sp³-hybridized carbons (Fsp3) is 0.529. The predicted octanol–water partition coefficient (Wildman–Crippen LogP) is 2.52. The molecule has 1 saturated heterocycles. The van der Waals surface area contributed by atoms with E-state index in [1.54, 1.807) is 4.68 Å². The third-order valence-corrected chi connectivity index (χ3v) is 4.18. The molecule has 6 heteroatoms. The molecule has 0 bridgehead atoms. The van der Waals surface area contributed by atoms with E-state index in [9.17, 15) is 0 Å². The van der Waals surface area contributed by atoms with Crippen molar-refractivity contribution in [3.63, 3.8) is 0 Å². The van der Waals surface area contributed by atoms with Crippen molar-refractivity contribution in [3.05, 3.63) is 35.7 Å². The number of para-hydroxylation sites is 1. The molecule has 1 aliphatic heterocycles. The molecule has 1 aromatic carbocycles. The molecule has 1 fully saturated rings. The van der Waals surface area contributed by atoms with Crippen LogP contribution in [0.3, 0.4) is 0 Å². The van der Waals surface area contributed by atoms with E-state index in [0.29, 0.717) is 5.95 Å². The molecule has 0 radical (unpaired) electrons. The molecule has 3 rings (SSSR count). The van der Waals surface area contributed by atoms with Crippen LogP contribution in [0.1, 0.15) is 44.1 Å². The Balaban J connectivity index is 1.79. The first kappa shape index (κ1) is 15.8. The molecule has 1 unspecified atom stereocenters. The number of nitrogens with two attached hydrogens (primary N) is 1. The zero-order chi connectivity index (χ0) is 16.4. The van der Waals surface area contributed by atoms with Gasteiger partial charge < -0.3 is 10.5 Å². The second-order valence-electron chi connectivity index (χ2n) is 6.35. The van der Waals surface area contributed by atoms with Crippen LogP contribution in [0.25, 0.3) is 0 Å². The van der Waals surface area contributed by atoms with Crippen molar-refractivity contribution >= 4 is 5.95 Å². The van der Waals surface area contributed by atoms with E-state index in [1.165, 1.54) is 5.56 Å².